The first-order valence-corrected chi connectivity index (χ1v) is 7.81. The lowest BCUT2D eigenvalue weighted by molar-refractivity contribution is 0.404. The third-order valence-corrected chi connectivity index (χ3v) is 4.82. The zero-order valence-electron chi connectivity index (χ0n) is 11.8. The average molecular weight is 335 g/mol. The van der Waals surface area contributed by atoms with Crippen LogP contribution in [0.15, 0.2) is 28.9 Å². The Labute approximate surface area is 127 Å². The molecule has 2 atom stereocenters. The molecule has 0 aliphatic heterocycles. The Hall–Kier alpha value is -1.20. The SMILES string of the molecule is CNC(c1c(Br)nnn1C)C1CCCc2ccccc21. The summed E-state index contributed by atoms with van der Waals surface area (Å²) in [5.41, 5.74) is 4.07. The number of aromatic nitrogens is 3. The molecule has 0 bridgehead atoms. The third kappa shape index (κ3) is 2.29. The first-order chi connectivity index (χ1) is 9.72. The van der Waals surface area contributed by atoms with E-state index in [0.29, 0.717) is 5.92 Å². The summed E-state index contributed by atoms with van der Waals surface area (Å²) in [5, 5.41) is 11.7. The van der Waals surface area contributed by atoms with Crippen molar-refractivity contribution in [2.45, 2.75) is 31.2 Å². The Balaban J connectivity index is 2.03. The largest absolute Gasteiger partial charge is 0.311 e. The van der Waals surface area contributed by atoms with Crippen LogP contribution in [0.2, 0.25) is 0 Å². The fourth-order valence-electron chi connectivity index (χ4n) is 3.34. The Morgan fingerprint density at radius 2 is 2.20 bits per heavy atom. The number of likely N-dealkylation sites (N-methyl/N-ethyl adjacent to an activating group) is 1. The zero-order chi connectivity index (χ0) is 14.1. The molecule has 0 spiro atoms. The van der Waals surface area contributed by atoms with Crippen molar-refractivity contribution in [2.75, 3.05) is 7.05 Å². The fraction of sp³-hybridized carbons (Fsp3) is 0.467. The summed E-state index contributed by atoms with van der Waals surface area (Å²) in [6, 6.07) is 9.02. The summed E-state index contributed by atoms with van der Waals surface area (Å²) >= 11 is 3.53. The predicted molar refractivity (Wildman–Crippen MR) is 82.6 cm³/mol. The molecule has 1 aromatic heterocycles. The highest BCUT2D eigenvalue weighted by Gasteiger charge is 2.31. The lowest BCUT2D eigenvalue weighted by Crippen LogP contribution is -2.28. The summed E-state index contributed by atoms with van der Waals surface area (Å²) in [5.74, 6) is 0.471. The molecule has 1 aromatic carbocycles. The van der Waals surface area contributed by atoms with Gasteiger partial charge in [0.15, 0.2) is 4.60 Å². The Morgan fingerprint density at radius 1 is 1.40 bits per heavy atom. The lowest BCUT2D eigenvalue weighted by Gasteiger charge is -2.32. The Bertz CT molecular complexity index is 588. The van der Waals surface area contributed by atoms with E-state index in [1.165, 1.54) is 30.4 Å². The van der Waals surface area contributed by atoms with Gasteiger partial charge in [0, 0.05) is 13.0 Å². The molecular weight excluding hydrogens is 316 g/mol. The minimum absolute atomic E-state index is 0.228. The molecule has 106 valence electrons. The molecular formula is C15H19BrN4. The van der Waals surface area contributed by atoms with Gasteiger partial charge in [-0.1, -0.05) is 29.5 Å². The second-order valence-electron chi connectivity index (χ2n) is 5.35. The number of benzene rings is 1. The molecule has 1 N–H and O–H groups in total. The number of nitrogens with one attached hydrogen (secondary N) is 1. The van der Waals surface area contributed by atoms with Crippen molar-refractivity contribution in [3.8, 4) is 0 Å². The van der Waals surface area contributed by atoms with Gasteiger partial charge in [-0.25, -0.2) is 4.68 Å². The van der Waals surface area contributed by atoms with Gasteiger partial charge in [0.2, 0.25) is 0 Å². The van der Waals surface area contributed by atoms with Crippen molar-refractivity contribution >= 4 is 15.9 Å². The normalized spacial score (nSPS) is 19.6. The first-order valence-electron chi connectivity index (χ1n) is 7.02. The second kappa shape index (κ2) is 5.66. The van der Waals surface area contributed by atoms with E-state index in [4.69, 9.17) is 0 Å². The molecule has 0 saturated heterocycles. The molecule has 0 fully saturated rings. The van der Waals surface area contributed by atoms with Crippen LogP contribution >= 0.6 is 15.9 Å². The summed E-state index contributed by atoms with van der Waals surface area (Å²) in [4.78, 5) is 0. The summed E-state index contributed by atoms with van der Waals surface area (Å²) < 4.78 is 2.70. The van der Waals surface area contributed by atoms with Gasteiger partial charge in [0.05, 0.1) is 11.7 Å². The number of rotatable bonds is 3. The highest BCUT2D eigenvalue weighted by atomic mass is 79.9. The Kier molecular flexibility index (Phi) is 3.89. The fourth-order valence-corrected chi connectivity index (χ4v) is 3.91. The number of hydrogen-bond donors (Lipinski definition) is 1. The Morgan fingerprint density at radius 3 is 2.90 bits per heavy atom. The highest BCUT2D eigenvalue weighted by Crippen LogP contribution is 2.41. The van der Waals surface area contributed by atoms with Gasteiger partial charge >= 0.3 is 0 Å². The van der Waals surface area contributed by atoms with Gasteiger partial charge in [-0.3, -0.25) is 0 Å². The summed E-state index contributed by atoms with van der Waals surface area (Å²) in [6.45, 7) is 0. The van der Waals surface area contributed by atoms with Crippen LogP contribution in [-0.2, 0) is 13.5 Å². The minimum Gasteiger partial charge on any atom is -0.311 e. The monoisotopic (exact) mass is 334 g/mol. The van der Waals surface area contributed by atoms with Crippen LogP contribution in [0.25, 0.3) is 0 Å². The molecule has 1 heterocycles. The number of fused-ring (bicyclic) bond motifs is 1. The van der Waals surface area contributed by atoms with E-state index in [1.807, 2.05) is 18.8 Å². The molecule has 0 radical (unpaired) electrons. The number of aryl methyl sites for hydroxylation is 2. The van der Waals surface area contributed by atoms with Crippen molar-refractivity contribution in [3.63, 3.8) is 0 Å². The highest BCUT2D eigenvalue weighted by molar-refractivity contribution is 9.10. The molecule has 0 saturated carbocycles. The van der Waals surface area contributed by atoms with E-state index < -0.39 is 0 Å². The molecule has 4 nitrogen and oxygen atoms in total. The first kappa shape index (κ1) is 13.8. The van der Waals surface area contributed by atoms with Crippen molar-refractivity contribution in [1.82, 2.24) is 20.3 Å². The molecule has 5 heteroatoms. The summed E-state index contributed by atoms with van der Waals surface area (Å²) in [7, 11) is 3.97. The van der Waals surface area contributed by atoms with E-state index >= 15 is 0 Å². The molecule has 0 amide bonds. The van der Waals surface area contributed by atoms with Crippen LogP contribution in [0.4, 0.5) is 0 Å². The molecule has 3 rings (SSSR count). The van der Waals surface area contributed by atoms with Gasteiger partial charge in [-0.2, -0.15) is 0 Å². The zero-order valence-corrected chi connectivity index (χ0v) is 13.4. The van der Waals surface area contributed by atoms with Crippen LogP contribution in [0.5, 0.6) is 0 Å². The van der Waals surface area contributed by atoms with E-state index in [2.05, 4.69) is 55.8 Å². The van der Waals surface area contributed by atoms with E-state index in [1.54, 1.807) is 0 Å². The minimum atomic E-state index is 0.228. The van der Waals surface area contributed by atoms with Crippen molar-refractivity contribution in [2.24, 2.45) is 7.05 Å². The van der Waals surface area contributed by atoms with Gasteiger partial charge in [0.1, 0.15) is 0 Å². The topological polar surface area (TPSA) is 42.7 Å². The number of hydrogen-bond acceptors (Lipinski definition) is 3. The van der Waals surface area contributed by atoms with Crippen molar-refractivity contribution in [3.05, 3.63) is 45.7 Å². The van der Waals surface area contributed by atoms with Crippen LogP contribution in [-0.4, -0.2) is 22.0 Å². The smallest absolute Gasteiger partial charge is 0.153 e. The van der Waals surface area contributed by atoms with Crippen molar-refractivity contribution < 1.29 is 0 Å². The van der Waals surface area contributed by atoms with Crippen molar-refractivity contribution in [1.29, 1.82) is 0 Å². The lowest BCUT2D eigenvalue weighted by atomic mass is 9.78. The second-order valence-corrected chi connectivity index (χ2v) is 6.10. The molecule has 1 aliphatic rings. The van der Waals surface area contributed by atoms with Gasteiger partial charge in [-0.15, -0.1) is 5.10 Å². The maximum Gasteiger partial charge on any atom is 0.153 e. The predicted octanol–water partition coefficient (Wildman–Crippen LogP) is 2.96. The average Bonchev–Trinajstić information content (AvgIpc) is 2.81. The van der Waals surface area contributed by atoms with Gasteiger partial charge < -0.3 is 5.32 Å². The van der Waals surface area contributed by atoms with Crippen LogP contribution in [0.1, 0.15) is 41.6 Å². The third-order valence-electron chi connectivity index (χ3n) is 4.25. The molecule has 1 aliphatic carbocycles. The van der Waals surface area contributed by atoms with E-state index in [0.717, 1.165) is 10.3 Å². The molecule has 2 aromatic rings. The maximum atomic E-state index is 4.13. The van der Waals surface area contributed by atoms with Crippen LogP contribution < -0.4 is 5.32 Å². The molecule has 2 unspecified atom stereocenters. The quantitative estimate of drug-likeness (QED) is 0.938. The maximum absolute atomic E-state index is 4.13. The number of nitrogens with zero attached hydrogens (tertiary/aromatic N) is 3. The van der Waals surface area contributed by atoms with Crippen LogP contribution in [0, 0.1) is 0 Å². The standard InChI is InChI=1S/C15H19BrN4/c1-17-13(14-15(16)18-19-20(14)2)12-9-5-7-10-6-3-4-8-11(10)12/h3-4,6,8,12-13,17H,5,7,9H2,1-2H3. The number of halogens is 1. The summed E-state index contributed by atoms with van der Waals surface area (Å²) in [6.07, 6.45) is 3.62. The van der Waals surface area contributed by atoms with Gasteiger partial charge in [-0.05, 0) is 53.4 Å². The van der Waals surface area contributed by atoms with E-state index in [9.17, 15) is 0 Å². The van der Waals surface area contributed by atoms with Gasteiger partial charge in [0.25, 0.3) is 0 Å². The molecule has 20 heavy (non-hydrogen) atoms. The van der Waals surface area contributed by atoms with Crippen LogP contribution in [0.3, 0.4) is 0 Å². The van der Waals surface area contributed by atoms with E-state index in [-0.39, 0.29) is 6.04 Å².